The number of hydrogen-bond donors (Lipinski definition) is 3. The van der Waals surface area contributed by atoms with E-state index in [0.29, 0.717) is 13.1 Å². The fourth-order valence-electron chi connectivity index (χ4n) is 1.56. The van der Waals surface area contributed by atoms with Crippen molar-refractivity contribution < 1.29 is 18.0 Å². The molecular formula is C15H19F3N4O. The summed E-state index contributed by atoms with van der Waals surface area (Å²) in [6.07, 6.45) is -4.42. The van der Waals surface area contributed by atoms with Gasteiger partial charge >= 0.3 is 6.18 Å². The molecule has 0 radical (unpaired) electrons. The summed E-state index contributed by atoms with van der Waals surface area (Å²) in [4.78, 5) is 15.8. The standard InChI is InChI=1S/C15H19F3N4O/c1-10(2)9-22-14(19)21-8-7-20-13(23)11-3-5-12(6-4-11)15(16,17)18/h3-6H,1,7-9H2,2H3,(H,20,23)(H3,19,21,22). The lowest BCUT2D eigenvalue weighted by Crippen LogP contribution is -2.38. The van der Waals surface area contributed by atoms with Gasteiger partial charge in [0.15, 0.2) is 5.96 Å². The van der Waals surface area contributed by atoms with E-state index in [1.165, 1.54) is 0 Å². The van der Waals surface area contributed by atoms with Crippen molar-refractivity contribution in [1.29, 1.82) is 0 Å². The summed E-state index contributed by atoms with van der Waals surface area (Å²) >= 11 is 0. The lowest BCUT2D eigenvalue weighted by Gasteiger charge is -2.09. The Morgan fingerprint density at radius 3 is 2.30 bits per heavy atom. The van der Waals surface area contributed by atoms with Crippen molar-refractivity contribution in [3.8, 4) is 0 Å². The third-order valence-electron chi connectivity index (χ3n) is 2.71. The van der Waals surface area contributed by atoms with Crippen LogP contribution in [0.4, 0.5) is 13.2 Å². The number of halogens is 3. The number of carbonyl (C=O) groups excluding carboxylic acids is 1. The molecular weight excluding hydrogens is 309 g/mol. The van der Waals surface area contributed by atoms with Crippen molar-refractivity contribution in [2.45, 2.75) is 13.1 Å². The predicted octanol–water partition coefficient (Wildman–Crippen LogP) is 1.92. The van der Waals surface area contributed by atoms with Gasteiger partial charge in [-0.3, -0.25) is 4.79 Å². The van der Waals surface area contributed by atoms with E-state index < -0.39 is 17.6 Å². The van der Waals surface area contributed by atoms with Crippen LogP contribution in [0.1, 0.15) is 22.8 Å². The number of rotatable bonds is 6. The van der Waals surface area contributed by atoms with E-state index in [2.05, 4.69) is 22.2 Å². The van der Waals surface area contributed by atoms with Crippen molar-refractivity contribution in [1.82, 2.24) is 10.6 Å². The van der Waals surface area contributed by atoms with Crippen molar-refractivity contribution in [2.24, 2.45) is 10.7 Å². The molecule has 0 saturated carbocycles. The number of carbonyl (C=O) groups is 1. The summed E-state index contributed by atoms with van der Waals surface area (Å²) in [5.41, 5.74) is 5.81. The van der Waals surface area contributed by atoms with Gasteiger partial charge in [0.1, 0.15) is 0 Å². The Kier molecular flexibility index (Phi) is 6.62. The molecule has 0 aliphatic heterocycles. The van der Waals surface area contributed by atoms with Crippen LogP contribution in [0.15, 0.2) is 41.4 Å². The molecule has 0 spiro atoms. The number of nitrogens with one attached hydrogen (secondary N) is 2. The number of nitrogens with two attached hydrogens (primary N) is 1. The first-order valence-electron chi connectivity index (χ1n) is 6.84. The molecule has 1 aromatic rings. The third kappa shape index (κ3) is 6.86. The molecule has 0 atom stereocenters. The highest BCUT2D eigenvalue weighted by Gasteiger charge is 2.30. The van der Waals surface area contributed by atoms with E-state index in [9.17, 15) is 18.0 Å². The number of aliphatic imine (C=N–C) groups is 1. The molecule has 0 bridgehead atoms. The summed E-state index contributed by atoms with van der Waals surface area (Å²) in [6.45, 7) is 6.52. The zero-order chi connectivity index (χ0) is 17.5. The fraction of sp³-hybridized carbons (Fsp3) is 0.333. The quantitative estimate of drug-likeness (QED) is 0.323. The number of guanidine groups is 1. The molecule has 0 aromatic heterocycles. The summed E-state index contributed by atoms with van der Waals surface area (Å²) in [5, 5.41) is 5.36. The first-order chi connectivity index (χ1) is 10.7. The summed E-state index contributed by atoms with van der Waals surface area (Å²) in [5.74, 6) is -0.227. The number of benzene rings is 1. The third-order valence-corrected chi connectivity index (χ3v) is 2.71. The number of amides is 1. The predicted molar refractivity (Wildman–Crippen MR) is 83.1 cm³/mol. The molecule has 1 amide bonds. The smallest absolute Gasteiger partial charge is 0.370 e. The molecule has 126 valence electrons. The Morgan fingerprint density at radius 1 is 1.22 bits per heavy atom. The highest BCUT2D eigenvalue weighted by molar-refractivity contribution is 5.94. The summed E-state index contributed by atoms with van der Waals surface area (Å²) in [6, 6.07) is 4.01. The van der Waals surface area contributed by atoms with Crippen molar-refractivity contribution in [3.05, 3.63) is 47.5 Å². The number of hydrogen-bond acceptors (Lipinski definition) is 2. The molecule has 1 rings (SSSR count). The molecule has 23 heavy (non-hydrogen) atoms. The van der Waals surface area contributed by atoms with Gasteiger partial charge in [-0.25, -0.2) is 4.99 Å². The first-order valence-corrected chi connectivity index (χ1v) is 6.84. The van der Waals surface area contributed by atoms with Crippen LogP contribution in [-0.4, -0.2) is 31.5 Å². The van der Waals surface area contributed by atoms with Gasteiger partial charge in [0.05, 0.1) is 12.1 Å². The van der Waals surface area contributed by atoms with Crippen LogP contribution in [0.2, 0.25) is 0 Å². The molecule has 0 fully saturated rings. The Hall–Kier alpha value is -2.51. The second-order valence-corrected chi connectivity index (χ2v) is 4.92. The zero-order valence-corrected chi connectivity index (χ0v) is 12.7. The largest absolute Gasteiger partial charge is 0.416 e. The fourth-order valence-corrected chi connectivity index (χ4v) is 1.56. The van der Waals surface area contributed by atoms with Crippen molar-refractivity contribution >= 4 is 11.9 Å². The topological polar surface area (TPSA) is 79.5 Å². The highest BCUT2D eigenvalue weighted by atomic mass is 19.4. The molecule has 0 unspecified atom stereocenters. The van der Waals surface area contributed by atoms with Gasteiger partial charge < -0.3 is 16.4 Å². The Bertz CT molecular complexity index is 579. The Morgan fingerprint density at radius 2 is 1.78 bits per heavy atom. The van der Waals surface area contributed by atoms with Gasteiger partial charge in [0.2, 0.25) is 0 Å². The normalized spacial score (nSPS) is 11.9. The molecule has 1 aromatic carbocycles. The minimum absolute atomic E-state index is 0.155. The van der Waals surface area contributed by atoms with Crippen LogP contribution >= 0.6 is 0 Å². The maximum atomic E-state index is 12.4. The maximum Gasteiger partial charge on any atom is 0.416 e. The van der Waals surface area contributed by atoms with Crippen molar-refractivity contribution in [2.75, 3.05) is 19.6 Å². The van der Waals surface area contributed by atoms with Gasteiger partial charge in [-0.05, 0) is 31.2 Å². The average molecular weight is 328 g/mol. The lowest BCUT2D eigenvalue weighted by atomic mass is 10.1. The molecule has 8 heteroatoms. The minimum Gasteiger partial charge on any atom is -0.370 e. The van der Waals surface area contributed by atoms with Crippen molar-refractivity contribution in [3.63, 3.8) is 0 Å². The van der Waals surface area contributed by atoms with Crippen LogP contribution in [0.5, 0.6) is 0 Å². The van der Waals surface area contributed by atoms with Crippen LogP contribution < -0.4 is 16.4 Å². The Labute approximate surface area is 132 Å². The van der Waals surface area contributed by atoms with Gasteiger partial charge in [-0.15, -0.1) is 0 Å². The van der Waals surface area contributed by atoms with Gasteiger partial charge in [-0.2, -0.15) is 13.2 Å². The van der Waals surface area contributed by atoms with Crippen LogP contribution in [0.3, 0.4) is 0 Å². The SMILES string of the molecule is C=C(C)CN=C(N)NCCNC(=O)c1ccc(C(F)(F)F)cc1. The molecule has 0 aliphatic rings. The van der Waals surface area contributed by atoms with E-state index in [-0.39, 0.29) is 18.1 Å². The second-order valence-electron chi connectivity index (χ2n) is 4.92. The maximum absolute atomic E-state index is 12.4. The van der Waals surface area contributed by atoms with Crippen LogP contribution in [0, 0.1) is 0 Å². The lowest BCUT2D eigenvalue weighted by molar-refractivity contribution is -0.137. The molecule has 0 aliphatic carbocycles. The minimum atomic E-state index is -4.42. The summed E-state index contributed by atoms with van der Waals surface area (Å²) < 4.78 is 37.3. The second kappa shape index (κ2) is 8.21. The highest BCUT2D eigenvalue weighted by Crippen LogP contribution is 2.28. The average Bonchev–Trinajstić information content (AvgIpc) is 2.48. The monoisotopic (exact) mass is 328 g/mol. The number of nitrogens with zero attached hydrogens (tertiary/aromatic N) is 1. The molecule has 4 N–H and O–H groups in total. The van der Waals surface area contributed by atoms with E-state index in [4.69, 9.17) is 5.73 Å². The first kappa shape index (κ1) is 18.5. The van der Waals surface area contributed by atoms with E-state index in [1.54, 1.807) is 0 Å². The van der Waals surface area contributed by atoms with Gasteiger partial charge in [-0.1, -0.05) is 12.2 Å². The molecule has 0 heterocycles. The van der Waals surface area contributed by atoms with E-state index >= 15 is 0 Å². The van der Waals surface area contributed by atoms with E-state index in [1.807, 2.05) is 6.92 Å². The van der Waals surface area contributed by atoms with E-state index in [0.717, 1.165) is 29.8 Å². The molecule has 0 saturated heterocycles. The Balaban J connectivity index is 2.40. The van der Waals surface area contributed by atoms with Crippen LogP contribution in [-0.2, 0) is 6.18 Å². The van der Waals surface area contributed by atoms with Gasteiger partial charge in [0, 0.05) is 18.7 Å². The summed E-state index contributed by atoms with van der Waals surface area (Å²) in [7, 11) is 0. The zero-order valence-electron chi connectivity index (χ0n) is 12.7. The van der Waals surface area contributed by atoms with Crippen LogP contribution in [0.25, 0.3) is 0 Å². The van der Waals surface area contributed by atoms with Gasteiger partial charge in [0.25, 0.3) is 5.91 Å². The number of alkyl halides is 3. The molecule has 5 nitrogen and oxygen atoms in total.